The number of aromatic carboxylic acids is 1. The number of ether oxygens (including phenoxy) is 1. The number of rotatable bonds is 9. The number of aromatic nitrogens is 2. The Hall–Kier alpha value is -4.76. The van der Waals surface area contributed by atoms with Crippen molar-refractivity contribution in [3.8, 4) is 16.9 Å². The number of anilines is 1. The van der Waals surface area contributed by atoms with Gasteiger partial charge in [0.1, 0.15) is 11.8 Å². The maximum Gasteiger partial charge on any atom is 0.335 e. The second-order valence-corrected chi connectivity index (χ2v) is 9.14. The molecule has 198 valence electrons. The minimum Gasteiger partial charge on any atom is -0.495 e. The number of hydrogen-bond donors (Lipinski definition) is 2. The smallest absolute Gasteiger partial charge is 0.335 e. The number of nitrogens with zero attached hydrogens (tertiary/aromatic N) is 2. The van der Waals surface area contributed by atoms with Crippen LogP contribution in [0.2, 0.25) is 5.02 Å². The van der Waals surface area contributed by atoms with E-state index in [-0.39, 0.29) is 23.5 Å². The number of methoxy groups -OCH3 is 1. The molecule has 0 aliphatic rings. The van der Waals surface area contributed by atoms with Crippen LogP contribution in [0.1, 0.15) is 39.2 Å². The van der Waals surface area contributed by atoms with Gasteiger partial charge in [-0.3, -0.25) is 23.9 Å². The zero-order valence-electron chi connectivity index (χ0n) is 21.1. The number of pyridine rings is 2. The third-order valence-electron chi connectivity index (χ3n) is 6.10. The second kappa shape index (κ2) is 11.7. The SMILES string of the molecule is COc1cn([C@@H](Cc2cccnc2)C(=O)Nc2ccc(C(=O)O)cc2)c(=O)cc1-c1cc(Cl)ccc1C(C)=O. The Morgan fingerprint density at radius 2 is 1.82 bits per heavy atom. The zero-order chi connectivity index (χ0) is 28.1. The molecule has 0 aliphatic carbocycles. The summed E-state index contributed by atoms with van der Waals surface area (Å²) in [5, 5.41) is 12.3. The highest BCUT2D eigenvalue weighted by Gasteiger charge is 2.25. The molecule has 4 aromatic rings. The quantitative estimate of drug-likeness (QED) is 0.286. The Morgan fingerprint density at radius 3 is 2.44 bits per heavy atom. The lowest BCUT2D eigenvalue weighted by Crippen LogP contribution is -2.34. The van der Waals surface area contributed by atoms with Crippen molar-refractivity contribution in [1.82, 2.24) is 9.55 Å². The van der Waals surface area contributed by atoms with Gasteiger partial charge in [-0.1, -0.05) is 17.7 Å². The van der Waals surface area contributed by atoms with E-state index >= 15 is 0 Å². The van der Waals surface area contributed by atoms with Crippen molar-refractivity contribution in [2.24, 2.45) is 0 Å². The summed E-state index contributed by atoms with van der Waals surface area (Å²) in [6.07, 6.45) is 4.76. The molecular formula is C29H24ClN3O6. The first-order valence-corrected chi connectivity index (χ1v) is 12.2. The Bertz CT molecular complexity index is 1600. The Labute approximate surface area is 228 Å². The van der Waals surface area contributed by atoms with Gasteiger partial charge in [0.15, 0.2) is 5.78 Å². The van der Waals surface area contributed by atoms with Crippen molar-refractivity contribution in [2.75, 3.05) is 12.4 Å². The fourth-order valence-corrected chi connectivity index (χ4v) is 4.34. The van der Waals surface area contributed by atoms with Crippen LogP contribution in [0.25, 0.3) is 11.1 Å². The first-order valence-electron chi connectivity index (χ1n) is 11.8. The maximum absolute atomic E-state index is 13.5. The number of ketones is 1. The molecule has 2 N–H and O–H groups in total. The van der Waals surface area contributed by atoms with Crippen LogP contribution in [-0.2, 0) is 11.2 Å². The topological polar surface area (TPSA) is 128 Å². The first-order chi connectivity index (χ1) is 18.7. The maximum atomic E-state index is 13.5. The highest BCUT2D eigenvalue weighted by Crippen LogP contribution is 2.34. The minimum absolute atomic E-state index is 0.0717. The molecule has 1 atom stereocenters. The van der Waals surface area contributed by atoms with E-state index in [1.165, 1.54) is 55.1 Å². The molecule has 4 rings (SSSR count). The number of carbonyl (C=O) groups is 3. The number of benzene rings is 2. The van der Waals surface area contributed by atoms with Crippen molar-refractivity contribution in [1.29, 1.82) is 0 Å². The minimum atomic E-state index is -1.09. The van der Waals surface area contributed by atoms with Gasteiger partial charge in [0.05, 0.1) is 18.9 Å². The molecule has 0 saturated carbocycles. The fraction of sp³-hybridized carbons (Fsp3) is 0.138. The van der Waals surface area contributed by atoms with E-state index in [0.29, 0.717) is 33.0 Å². The number of nitrogens with one attached hydrogen (secondary N) is 1. The average Bonchev–Trinajstić information content (AvgIpc) is 2.92. The monoisotopic (exact) mass is 545 g/mol. The molecule has 0 saturated heterocycles. The summed E-state index contributed by atoms with van der Waals surface area (Å²) in [7, 11) is 1.42. The predicted molar refractivity (Wildman–Crippen MR) is 147 cm³/mol. The van der Waals surface area contributed by atoms with Crippen LogP contribution in [0.5, 0.6) is 5.75 Å². The van der Waals surface area contributed by atoms with E-state index < -0.39 is 23.5 Å². The highest BCUT2D eigenvalue weighted by molar-refractivity contribution is 6.31. The van der Waals surface area contributed by atoms with E-state index in [2.05, 4.69) is 10.3 Å². The van der Waals surface area contributed by atoms with Crippen molar-refractivity contribution >= 4 is 34.9 Å². The highest BCUT2D eigenvalue weighted by atomic mass is 35.5. The largest absolute Gasteiger partial charge is 0.495 e. The third kappa shape index (κ3) is 6.22. The van der Waals surface area contributed by atoms with Crippen LogP contribution in [0.15, 0.2) is 84.0 Å². The fourth-order valence-electron chi connectivity index (χ4n) is 4.17. The molecule has 0 fully saturated rings. The van der Waals surface area contributed by atoms with Crippen LogP contribution >= 0.6 is 11.6 Å². The van der Waals surface area contributed by atoms with E-state index in [9.17, 15) is 19.2 Å². The molecule has 0 unspecified atom stereocenters. The standard InChI is InChI=1S/C29H24ClN3O6/c1-17(34)22-10-7-20(30)13-23(22)24-14-27(35)33(16-26(24)39-2)25(12-18-4-3-11-31-15-18)28(36)32-21-8-5-19(6-9-21)29(37)38/h3-11,13-16,25H,12H2,1-2H3,(H,32,36)(H,37,38)/t25-/m0/s1. The number of carboxylic acid groups (broad SMARTS) is 1. The first kappa shape index (κ1) is 27.3. The number of halogens is 1. The molecular weight excluding hydrogens is 522 g/mol. The zero-order valence-corrected chi connectivity index (χ0v) is 21.8. The van der Waals surface area contributed by atoms with Gasteiger partial charge in [-0.25, -0.2) is 4.79 Å². The number of carbonyl (C=O) groups excluding carboxylic acids is 2. The molecule has 39 heavy (non-hydrogen) atoms. The number of Topliss-reactive ketones (excluding diaryl/α,β-unsaturated/α-hetero) is 1. The molecule has 0 spiro atoms. The molecule has 2 heterocycles. The molecule has 10 heteroatoms. The van der Waals surface area contributed by atoms with Gasteiger partial charge >= 0.3 is 5.97 Å². The Kier molecular flexibility index (Phi) is 8.21. The van der Waals surface area contributed by atoms with Gasteiger partial charge in [0.25, 0.3) is 5.56 Å². The van der Waals surface area contributed by atoms with Crippen LogP contribution in [0, 0.1) is 0 Å². The Morgan fingerprint density at radius 1 is 1.08 bits per heavy atom. The lowest BCUT2D eigenvalue weighted by molar-refractivity contribution is -0.119. The van der Waals surface area contributed by atoms with Gasteiger partial charge in [0.2, 0.25) is 5.91 Å². The van der Waals surface area contributed by atoms with E-state index in [1.807, 2.05) is 0 Å². The lowest BCUT2D eigenvalue weighted by atomic mass is 9.97. The van der Waals surface area contributed by atoms with Gasteiger partial charge in [0, 0.05) is 46.7 Å². The summed E-state index contributed by atoms with van der Waals surface area (Å²) in [4.78, 5) is 54.5. The molecule has 1 amide bonds. The summed E-state index contributed by atoms with van der Waals surface area (Å²) in [5.41, 5.74) is 1.79. The van der Waals surface area contributed by atoms with Crippen molar-refractivity contribution in [2.45, 2.75) is 19.4 Å². The predicted octanol–water partition coefficient (Wildman–Crippen LogP) is 4.90. The van der Waals surface area contributed by atoms with Crippen LogP contribution in [0.4, 0.5) is 5.69 Å². The third-order valence-corrected chi connectivity index (χ3v) is 6.34. The normalized spacial score (nSPS) is 11.5. The average molecular weight is 546 g/mol. The van der Waals surface area contributed by atoms with Crippen molar-refractivity contribution in [3.05, 3.63) is 111 Å². The molecule has 2 aromatic carbocycles. The Balaban J connectivity index is 1.79. The summed E-state index contributed by atoms with van der Waals surface area (Å²) in [6, 6.07) is 14.2. The van der Waals surface area contributed by atoms with Gasteiger partial charge in [-0.15, -0.1) is 0 Å². The van der Waals surface area contributed by atoms with Crippen molar-refractivity contribution < 1.29 is 24.2 Å². The molecule has 0 bridgehead atoms. The van der Waals surface area contributed by atoms with E-state index in [1.54, 1.807) is 42.7 Å². The van der Waals surface area contributed by atoms with Crippen LogP contribution in [-0.4, -0.2) is 39.4 Å². The van der Waals surface area contributed by atoms with Gasteiger partial charge < -0.3 is 15.2 Å². The molecule has 9 nitrogen and oxygen atoms in total. The number of amides is 1. The summed E-state index contributed by atoms with van der Waals surface area (Å²) in [5.74, 6) is -1.55. The molecule has 2 aromatic heterocycles. The van der Waals surface area contributed by atoms with Crippen LogP contribution in [0.3, 0.4) is 0 Å². The van der Waals surface area contributed by atoms with Crippen molar-refractivity contribution in [3.63, 3.8) is 0 Å². The lowest BCUT2D eigenvalue weighted by Gasteiger charge is -2.22. The molecule has 0 radical (unpaired) electrons. The molecule has 0 aliphatic heterocycles. The van der Waals surface area contributed by atoms with Crippen LogP contribution < -0.4 is 15.6 Å². The number of hydrogen-bond acceptors (Lipinski definition) is 6. The summed E-state index contributed by atoms with van der Waals surface area (Å²) >= 11 is 6.20. The van der Waals surface area contributed by atoms with Gasteiger partial charge in [-0.05, 0) is 66.6 Å². The second-order valence-electron chi connectivity index (χ2n) is 8.70. The van der Waals surface area contributed by atoms with E-state index in [4.69, 9.17) is 21.4 Å². The number of carboxylic acids is 1. The van der Waals surface area contributed by atoms with Gasteiger partial charge in [-0.2, -0.15) is 0 Å². The summed E-state index contributed by atoms with van der Waals surface area (Å²) < 4.78 is 6.85. The van der Waals surface area contributed by atoms with E-state index in [0.717, 1.165) is 0 Å². The summed E-state index contributed by atoms with van der Waals surface area (Å²) in [6.45, 7) is 1.41.